The first-order chi connectivity index (χ1) is 12.3. The largest absolute Gasteiger partial charge is 0.430 e. The predicted molar refractivity (Wildman–Crippen MR) is 92.1 cm³/mol. The van der Waals surface area contributed by atoms with E-state index in [2.05, 4.69) is 5.32 Å². The van der Waals surface area contributed by atoms with Gasteiger partial charge in [0.1, 0.15) is 0 Å². The van der Waals surface area contributed by atoms with Crippen LogP contribution in [0.25, 0.3) is 0 Å². The third kappa shape index (κ3) is 3.01. The van der Waals surface area contributed by atoms with E-state index >= 15 is 0 Å². The van der Waals surface area contributed by atoms with Gasteiger partial charge in [0.25, 0.3) is 5.91 Å². The zero-order valence-corrected chi connectivity index (χ0v) is 14.3. The van der Waals surface area contributed by atoms with Crippen molar-refractivity contribution in [3.63, 3.8) is 0 Å². The van der Waals surface area contributed by atoms with Crippen LogP contribution < -0.4 is 5.32 Å². The number of alkyl halides is 3. The van der Waals surface area contributed by atoms with E-state index in [-0.39, 0.29) is 21.8 Å². The number of fused-ring (bicyclic) bond motifs is 1. The molecule has 1 amide bonds. The lowest BCUT2D eigenvalue weighted by Crippen LogP contribution is -2.69. The molecule has 1 aliphatic rings. The molecular formula is C18H16ClF3N2O2. The summed E-state index contributed by atoms with van der Waals surface area (Å²) in [6.45, 7) is -1.07. The number of hydrogen-bond donors (Lipinski definition) is 2. The zero-order valence-electron chi connectivity index (χ0n) is 13.6. The summed E-state index contributed by atoms with van der Waals surface area (Å²) >= 11 is 6.03. The highest BCUT2D eigenvalue weighted by Crippen LogP contribution is 2.44. The van der Waals surface area contributed by atoms with Crippen molar-refractivity contribution in [1.29, 1.82) is 0 Å². The van der Waals surface area contributed by atoms with Crippen LogP contribution in [0.1, 0.15) is 15.9 Å². The van der Waals surface area contributed by atoms with Crippen molar-refractivity contribution in [2.75, 3.05) is 18.5 Å². The lowest BCUT2D eigenvalue weighted by atomic mass is 9.87. The molecule has 0 aromatic heterocycles. The summed E-state index contributed by atoms with van der Waals surface area (Å²) < 4.78 is 42.8. The minimum absolute atomic E-state index is 0.0570. The van der Waals surface area contributed by atoms with Crippen LogP contribution in [0.2, 0.25) is 5.02 Å². The van der Waals surface area contributed by atoms with Crippen LogP contribution in [0.4, 0.5) is 18.9 Å². The lowest BCUT2D eigenvalue weighted by molar-refractivity contribution is -0.216. The van der Waals surface area contributed by atoms with E-state index < -0.39 is 37.3 Å². The average molecular weight is 385 g/mol. The molecule has 1 heterocycles. The standard InChI is InChI=1S/C18H16ClF3N2O2/c19-14-7-3-4-8-15(14)23-17(18(20,21)22)11-12-5-1-2-6-13(12)16(26)24(17)9-10-25/h1-8,23,25H,9-11H2. The summed E-state index contributed by atoms with van der Waals surface area (Å²) in [6.07, 6.45) is -5.31. The lowest BCUT2D eigenvalue weighted by Gasteiger charge is -2.48. The van der Waals surface area contributed by atoms with E-state index in [4.69, 9.17) is 11.6 Å². The molecule has 0 saturated heterocycles. The number of nitrogens with zero attached hydrogens (tertiary/aromatic N) is 1. The molecule has 1 unspecified atom stereocenters. The summed E-state index contributed by atoms with van der Waals surface area (Å²) in [6, 6.07) is 12.2. The number of aliphatic hydroxyl groups is 1. The molecule has 8 heteroatoms. The van der Waals surface area contributed by atoms with Gasteiger partial charge in [-0.2, -0.15) is 13.2 Å². The molecule has 0 bridgehead atoms. The van der Waals surface area contributed by atoms with Crippen molar-refractivity contribution in [1.82, 2.24) is 4.90 Å². The number of amides is 1. The Morgan fingerprint density at radius 2 is 1.81 bits per heavy atom. The van der Waals surface area contributed by atoms with Gasteiger partial charge in [-0.3, -0.25) is 4.79 Å². The Hall–Kier alpha value is -2.25. The Morgan fingerprint density at radius 1 is 1.15 bits per heavy atom. The fourth-order valence-corrected chi connectivity index (χ4v) is 3.37. The monoisotopic (exact) mass is 384 g/mol. The summed E-state index contributed by atoms with van der Waals surface area (Å²) in [5.41, 5.74) is -2.18. The molecule has 0 fully saturated rings. The maximum atomic E-state index is 14.3. The van der Waals surface area contributed by atoms with Gasteiger partial charge in [0.2, 0.25) is 5.66 Å². The predicted octanol–water partition coefficient (Wildman–Crippen LogP) is 3.70. The molecule has 138 valence electrons. The highest BCUT2D eigenvalue weighted by atomic mass is 35.5. The van der Waals surface area contributed by atoms with Gasteiger partial charge in [-0.1, -0.05) is 41.9 Å². The van der Waals surface area contributed by atoms with Gasteiger partial charge in [0.05, 0.1) is 17.3 Å². The fraction of sp³-hybridized carbons (Fsp3) is 0.278. The molecule has 2 aromatic rings. The van der Waals surface area contributed by atoms with Crippen LogP contribution in [0.15, 0.2) is 48.5 Å². The third-order valence-corrected chi connectivity index (χ3v) is 4.74. The number of aliphatic hydroxyl groups excluding tert-OH is 1. The van der Waals surface area contributed by atoms with E-state index in [0.717, 1.165) is 0 Å². The maximum absolute atomic E-state index is 14.3. The number of β-amino-alcohol motifs (C(OH)–C–C–N with tert-alkyl or cyclic N) is 1. The molecule has 26 heavy (non-hydrogen) atoms. The van der Waals surface area contributed by atoms with Crippen molar-refractivity contribution < 1.29 is 23.1 Å². The van der Waals surface area contributed by atoms with Gasteiger partial charge in [0.15, 0.2) is 0 Å². The normalized spacial score (nSPS) is 20.0. The molecule has 4 nitrogen and oxygen atoms in total. The van der Waals surface area contributed by atoms with Crippen molar-refractivity contribution >= 4 is 23.2 Å². The first-order valence-corrected chi connectivity index (χ1v) is 8.28. The molecule has 3 rings (SSSR count). The van der Waals surface area contributed by atoms with Gasteiger partial charge in [-0.25, -0.2) is 0 Å². The smallest absolute Gasteiger partial charge is 0.395 e. The number of rotatable bonds is 4. The van der Waals surface area contributed by atoms with Crippen LogP contribution in [-0.2, 0) is 6.42 Å². The van der Waals surface area contributed by atoms with Crippen LogP contribution in [0, 0.1) is 0 Å². The Balaban J connectivity index is 2.18. The molecule has 2 aromatic carbocycles. The van der Waals surface area contributed by atoms with Crippen LogP contribution in [0.5, 0.6) is 0 Å². The van der Waals surface area contributed by atoms with E-state index in [1.54, 1.807) is 24.3 Å². The number of benzene rings is 2. The molecule has 2 N–H and O–H groups in total. The molecule has 1 atom stereocenters. The van der Waals surface area contributed by atoms with Crippen molar-refractivity contribution in [3.8, 4) is 0 Å². The summed E-state index contributed by atoms with van der Waals surface area (Å²) in [4.78, 5) is 13.4. The van der Waals surface area contributed by atoms with Crippen LogP contribution >= 0.6 is 11.6 Å². The first kappa shape index (κ1) is 18.5. The maximum Gasteiger partial charge on any atom is 0.430 e. The highest BCUT2D eigenvalue weighted by Gasteiger charge is 2.62. The van der Waals surface area contributed by atoms with Gasteiger partial charge in [-0.15, -0.1) is 0 Å². The zero-order chi connectivity index (χ0) is 18.9. The van der Waals surface area contributed by atoms with E-state index in [9.17, 15) is 23.1 Å². The van der Waals surface area contributed by atoms with Gasteiger partial charge in [0, 0.05) is 18.5 Å². The minimum atomic E-state index is -4.81. The number of carbonyl (C=O) groups is 1. The molecular weight excluding hydrogens is 369 g/mol. The van der Waals surface area contributed by atoms with Gasteiger partial charge in [-0.05, 0) is 23.8 Å². The fourth-order valence-electron chi connectivity index (χ4n) is 3.19. The molecule has 0 spiro atoms. The van der Waals surface area contributed by atoms with Gasteiger partial charge < -0.3 is 15.3 Å². The van der Waals surface area contributed by atoms with Gasteiger partial charge >= 0.3 is 6.18 Å². The Morgan fingerprint density at radius 3 is 2.46 bits per heavy atom. The Kier molecular flexibility index (Phi) is 4.86. The molecule has 1 aliphatic heterocycles. The van der Waals surface area contributed by atoms with Crippen LogP contribution in [0.3, 0.4) is 0 Å². The summed E-state index contributed by atoms with van der Waals surface area (Å²) in [5.74, 6) is -0.794. The number of nitrogens with one attached hydrogen (secondary N) is 1. The second kappa shape index (κ2) is 6.81. The average Bonchev–Trinajstić information content (AvgIpc) is 2.59. The Bertz CT molecular complexity index is 828. The minimum Gasteiger partial charge on any atom is -0.395 e. The quantitative estimate of drug-likeness (QED) is 0.845. The Labute approximate surface area is 153 Å². The topological polar surface area (TPSA) is 52.6 Å². The van der Waals surface area contributed by atoms with Crippen LogP contribution in [-0.4, -0.2) is 40.9 Å². The van der Waals surface area contributed by atoms with E-state index in [1.165, 1.54) is 24.3 Å². The third-order valence-electron chi connectivity index (χ3n) is 4.41. The first-order valence-electron chi connectivity index (χ1n) is 7.90. The van der Waals surface area contributed by atoms with E-state index in [1.807, 2.05) is 0 Å². The highest BCUT2D eigenvalue weighted by molar-refractivity contribution is 6.33. The summed E-state index contributed by atoms with van der Waals surface area (Å²) in [5, 5.41) is 11.8. The molecule has 0 radical (unpaired) electrons. The summed E-state index contributed by atoms with van der Waals surface area (Å²) in [7, 11) is 0. The second-order valence-corrected chi connectivity index (χ2v) is 6.38. The SMILES string of the molecule is O=C1c2ccccc2CC(Nc2ccccc2Cl)(C(F)(F)F)N1CCO. The number of anilines is 1. The number of halogens is 4. The molecule has 0 saturated carbocycles. The van der Waals surface area contributed by atoms with Crippen molar-refractivity contribution in [2.45, 2.75) is 18.3 Å². The number of hydrogen-bond acceptors (Lipinski definition) is 3. The number of carbonyl (C=O) groups excluding carboxylic acids is 1. The molecule has 0 aliphatic carbocycles. The van der Waals surface area contributed by atoms with Crippen molar-refractivity contribution in [2.24, 2.45) is 0 Å². The van der Waals surface area contributed by atoms with E-state index in [0.29, 0.717) is 4.90 Å². The second-order valence-electron chi connectivity index (χ2n) is 5.98. The number of para-hydroxylation sites is 1. The van der Waals surface area contributed by atoms with Crippen molar-refractivity contribution in [3.05, 3.63) is 64.7 Å².